The zero-order valence-electron chi connectivity index (χ0n) is 34.3. The standard InChI is InChI=1S/C42H70N6O5/c1-10-28-23-42(28,35(43)52)46-36(53)39(9)24-41(38(7,8)40(41)20-16-21-40)25-48(39)34(51)31(37(4,5)6)45-33(50)30(27-17-12-11-13-18-27)44-32(49)29-19-14-15-22-47(29)26(2)3/h26-31H,10-25H2,1-9H3,(H2,43,52)(H,44,49)(H,45,50)(H,46,53)/t28?,29-,30-,31?,39?,41?,42?/m0/s1. The summed E-state index contributed by atoms with van der Waals surface area (Å²) in [4.78, 5) is 75.3. The van der Waals surface area contributed by atoms with E-state index in [2.05, 4.69) is 48.5 Å². The van der Waals surface area contributed by atoms with Crippen LogP contribution >= 0.6 is 0 Å². The number of nitrogens with two attached hydrogens (primary N) is 1. The molecule has 2 heterocycles. The van der Waals surface area contributed by atoms with E-state index in [1.807, 2.05) is 34.6 Å². The van der Waals surface area contributed by atoms with Crippen molar-refractivity contribution in [1.29, 1.82) is 0 Å². The van der Waals surface area contributed by atoms with Gasteiger partial charge in [0.05, 0.1) is 6.04 Å². The summed E-state index contributed by atoms with van der Waals surface area (Å²) in [6, 6.07) is -1.78. The summed E-state index contributed by atoms with van der Waals surface area (Å²) in [7, 11) is 0. The lowest BCUT2D eigenvalue weighted by Crippen LogP contribution is -2.65. The minimum Gasteiger partial charge on any atom is -0.368 e. The second kappa shape index (κ2) is 13.8. The number of primary amides is 1. The minimum atomic E-state index is -1.25. The third-order valence-corrected chi connectivity index (χ3v) is 15.9. The largest absolute Gasteiger partial charge is 0.368 e. The Morgan fingerprint density at radius 2 is 1.51 bits per heavy atom. The van der Waals surface area contributed by atoms with E-state index in [4.69, 9.17) is 5.73 Å². The normalized spacial score (nSPS) is 34.6. The summed E-state index contributed by atoms with van der Waals surface area (Å²) in [5.41, 5.74) is 2.60. The smallest absolute Gasteiger partial charge is 0.246 e. The van der Waals surface area contributed by atoms with E-state index in [1.54, 1.807) is 4.90 Å². The van der Waals surface area contributed by atoms with Crippen LogP contribution in [0.2, 0.25) is 0 Å². The Kier molecular flexibility index (Phi) is 10.4. The Balaban J connectivity index is 1.30. The molecule has 4 saturated carbocycles. The summed E-state index contributed by atoms with van der Waals surface area (Å²) in [6.07, 6.45) is 12.6. The molecule has 2 aliphatic heterocycles. The molecule has 0 aromatic rings. The fraction of sp³-hybridized carbons (Fsp3) is 0.881. The van der Waals surface area contributed by atoms with Gasteiger partial charge in [0.1, 0.15) is 23.2 Å². The number of piperidine rings is 1. The Morgan fingerprint density at radius 1 is 0.868 bits per heavy atom. The molecule has 0 aromatic heterocycles. The van der Waals surface area contributed by atoms with Crippen LogP contribution in [0.25, 0.3) is 0 Å². The number of hydrogen-bond acceptors (Lipinski definition) is 6. The predicted molar refractivity (Wildman–Crippen MR) is 205 cm³/mol. The minimum absolute atomic E-state index is 0.0219. The van der Waals surface area contributed by atoms with E-state index >= 15 is 4.79 Å². The zero-order valence-corrected chi connectivity index (χ0v) is 34.3. The second-order valence-electron chi connectivity index (χ2n) is 20.2. The molecule has 5 amide bonds. The van der Waals surface area contributed by atoms with Crippen molar-refractivity contribution >= 4 is 29.5 Å². The van der Waals surface area contributed by atoms with Crippen molar-refractivity contribution in [2.24, 2.45) is 39.2 Å². The molecule has 7 atom stereocenters. The van der Waals surface area contributed by atoms with Gasteiger partial charge in [0.25, 0.3) is 0 Å². The highest BCUT2D eigenvalue weighted by Gasteiger charge is 2.86. The van der Waals surface area contributed by atoms with Crippen LogP contribution in [0.1, 0.15) is 152 Å². The zero-order chi connectivity index (χ0) is 38.9. The highest BCUT2D eigenvalue weighted by Crippen LogP contribution is 2.89. The van der Waals surface area contributed by atoms with Gasteiger partial charge in [-0.1, -0.05) is 80.1 Å². The number of nitrogens with one attached hydrogen (secondary N) is 3. The van der Waals surface area contributed by atoms with Crippen molar-refractivity contribution in [3.8, 4) is 0 Å². The molecule has 6 rings (SSSR count). The van der Waals surface area contributed by atoms with Crippen LogP contribution in [0.15, 0.2) is 0 Å². The first-order valence-electron chi connectivity index (χ1n) is 21.0. The Morgan fingerprint density at radius 3 is 2.02 bits per heavy atom. The summed E-state index contributed by atoms with van der Waals surface area (Å²) in [5, 5.41) is 9.52. The van der Waals surface area contributed by atoms with E-state index < -0.39 is 34.5 Å². The van der Waals surface area contributed by atoms with E-state index in [0.717, 1.165) is 83.6 Å². The van der Waals surface area contributed by atoms with Crippen LogP contribution in [0, 0.1) is 33.5 Å². The summed E-state index contributed by atoms with van der Waals surface area (Å²) in [6.45, 7) is 19.8. The molecular formula is C42H70N6O5. The SMILES string of the molecule is CCC1CC1(NC(=O)C1(C)CC2(CN1C(=O)C(NC(=O)[C@@H](NC(=O)[C@@H]1CCCCN1C(C)C)C1CCCCC1)C(C)(C)C)C(C)(C)C21CCC1)C(N)=O. The first-order valence-corrected chi connectivity index (χ1v) is 21.0. The van der Waals surface area contributed by atoms with Crippen LogP contribution in [0.4, 0.5) is 0 Å². The van der Waals surface area contributed by atoms with E-state index in [1.165, 1.54) is 0 Å². The number of fused-ring (bicyclic) bond motifs is 1. The third kappa shape index (κ3) is 6.30. The number of carbonyl (C=O) groups excluding carboxylic acids is 5. The van der Waals surface area contributed by atoms with E-state index in [-0.39, 0.29) is 63.8 Å². The van der Waals surface area contributed by atoms with Crippen molar-refractivity contribution in [3.05, 3.63) is 0 Å². The molecule has 6 fully saturated rings. The maximum atomic E-state index is 15.3. The highest BCUT2D eigenvalue weighted by molar-refractivity contribution is 6.00. The Labute approximate surface area is 318 Å². The number of hydrogen-bond donors (Lipinski definition) is 4. The number of likely N-dealkylation sites (tertiary alicyclic amines) is 2. The summed E-state index contributed by atoms with van der Waals surface area (Å²) in [5.74, 6) is -1.66. The van der Waals surface area contributed by atoms with Crippen LogP contribution < -0.4 is 21.7 Å². The molecule has 0 aromatic carbocycles. The maximum Gasteiger partial charge on any atom is 0.246 e. The van der Waals surface area contributed by atoms with Gasteiger partial charge in [-0.3, -0.25) is 28.9 Å². The molecule has 2 spiro atoms. The number of amides is 5. The maximum absolute atomic E-state index is 15.3. The van der Waals surface area contributed by atoms with Crippen molar-refractivity contribution in [2.75, 3.05) is 13.1 Å². The lowest BCUT2D eigenvalue weighted by molar-refractivity contribution is -0.150. The van der Waals surface area contributed by atoms with Gasteiger partial charge in [-0.15, -0.1) is 0 Å². The summed E-state index contributed by atoms with van der Waals surface area (Å²) < 4.78 is 0. The molecule has 298 valence electrons. The summed E-state index contributed by atoms with van der Waals surface area (Å²) >= 11 is 0. The monoisotopic (exact) mass is 739 g/mol. The van der Waals surface area contributed by atoms with Crippen molar-refractivity contribution in [2.45, 2.75) is 187 Å². The van der Waals surface area contributed by atoms with Crippen LogP contribution in [0.3, 0.4) is 0 Å². The second-order valence-corrected chi connectivity index (χ2v) is 20.2. The Bertz CT molecular complexity index is 1480. The highest BCUT2D eigenvalue weighted by atomic mass is 16.2. The molecular weight excluding hydrogens is 668 g/mol. The first-order chi connectivity index (χ1) is 24.7. The fourth-order valence-corrected chi connectivity index (χ4v) is 12.0. The number of carbonyl (C=O) groups is 5. The molecule has 4 aliphatic carbocycles. The average Bonchev–Trinajstić information content (AvgIpc) is 3.84. The number of nitrogens with zero attached hydrogens (tertiary/aromatic N) is 2. The van der Waals surface area contributed by atoms with E-state index in [9.17, 15) is 19.2 Å². The van der Waals surface area contributed by atoms with Gasteiger partial charge in [-0.25, -0.2) is 0 Å². The molecule has 6 aliphatic rings. The van der Waals surface area contributed by atoms with Crippen molar-refractivity contribution in [1.82, 2.24) is 25.8 Å². The third-order valence-electron chi connectivity index (χ3n) is 15.9. The van der Waals surface area contributed by atoms with Gasteiger partial charge >= 0.3 is 0 Å². The van der Waals surface area contributed by atoms with Crippen LogP contribution in [-0.4, -0.2) is 87.7 Å². The van der Waals surface area contributed by atoms with Crippen molar-refractivity contribution < 1.29 is 24.0 Å². The van der Waals surface area contributed by atoms with Gasteiger partial charge in [-0.2, -0.15) is 0 Å². The lowest BCUT2D eigenvalue weighted by atomic mass is 9.72. The molecule has 5 unspecified atom stereocenters. The Hall–Kier alpha value is -2.69. The fourth-order valence-electron chi connectivity index (χ4n) is 12.0. The topological polar surface area (TPSA) is 154 Å². The molecule has 2 saturated heterocycles. The lowest BCUT2D eigenvalue weighted by Gasteiger charge is -2.41. The van der Waals surface area contributed by atoms with Crippen LogP contribution in [0.5, 0.6) is 0 Å². The van der Waals surface area contributed by atoms with Gasteiger partial charge in [-0.05, 0) is 107 Å². The number of rotatable bonds is 11. The van der Waals surface area contributed by atoms with Gasteiger partial charge in [0.15, 0.2) is 0 Å². The quantitative estimate of drug-likeness (QED) is 0.239. The van der Waals surface area contributed by atoms with Gasteiger partial charge in [0.2, 0.25) is 29.5 Å². The van der Waals surface area contributed by atoms with Crippen molar-refractivity contribution in [3.63, 3.8) is 0 Å². The van der Waals surface area contributed by atoms with Gasteiger partial charge in [0, 0.05) is 18.0 Å². The van der Waals surface area contributed by atoms with Gasteiger partial charge < -0.3 is 26.6 Å². The van der Waals surface area contributed by atoms with Crippen LogP contribution in [-0.2, 0) is 24.0 Å². The molecule has 11 heteroatoms. The predicted octanol–water partition coefficient (Wildman–Crippen LogP) is 4.80. The van der Waals surface area contributed by atoms with E-state index in [0.29, 0.717) is 19.4 Å². The average molecular weight is 739 g/mol. The molecule has 0 radical (unpaired) electrons. The first kappa shape index (κ1) is 40.0. The molecule has 11 nitrogen and oxygen atoms in total. The molecule has 5 N–H and O–H groups in total. The molecule has 0 bridgehead atoms. The molecule has 53 heavy (non-hydrogen) atoms.